The first-order chi connectivity index (χ1) is 8.28. The summed E-state index contributed by atoms with van der Waals surface area (Å²) in [5.41, 5.74) is -0.505. The van der Waals surface area contributed by atoms with E-state index in [9.17, 15) is 9.59 Å². The summed E-state index contributed by atoms with van der Waals surface area (Å²) in [7, 11) is 0. The van der Waals surface area contributed by atoms with Crippen molar-refractivity contribution >= 4 is 23.8 Å². The Kier molecular flexibility index (Phi) is 5.31. The summed E-state index contributed by atoms with van der Waals surface area (Å²) < 4.78 is 5.14. The molecule has 2 atom stereocenters. The molecule has 1 heterocycles. The number of thioether (sulfide) groups is 1. The molecule has 1 aliphatic heterocycles. The first-order valence-corrected chi connectivity index (χ1v) is 7.20. The number of nitrogens with one attached hydrogen (secondary N) is 1. The van der Waals surface area contributed by atoms with Crippen molar-refractivity contribution in [2.75, 3.05) is 18.1 Å². The lowest BCUT2D eigenvalue weighted by Gasteiger charge is -2.22. The Labute approximate surface area is 112 Å². The van der Waals surface area contributed by atoms with Crippen molar-refractivity contribution in [2.45, 2.75) is 32.8 Å². The van der Waals surface area contributed by atoms with Gasteiger partial charge in [0.05, 0.1) is 0 Å². The zero-order valence-electron chi connectivity index (χ0n) is 11.1. The lowest BCUT2D eigenvalue weighted by molar-refractivity contribution is -0.138. The van der Waals surface area contributed by atoms with Crippen molar-refractivity contribution in [1.29, 1.82) is 0 Å². The summed E-state index contributed by atoms with van der Waals surface area (Å²) in [5.74, 6) is 1.34. The Morgan fingerprint density at radius 3 is 2.50 bits per heavy atom. The SMILES string of the molecule is CC(C)(C)OC(=O)NC[C@@H]1CSC[C@H]1CC(=O)O. The molecule has 1 fully saturated rings. The molecule has 1 amide bonds. The molecule has 0 unspecified atom stereocenters. The molecule has 0 spiro atoms. The van der Waals surface area contributed by atoms with Crippen LogP contribution in [0, 0.1) is 11.8 Å². The number of aliphatic carboxylic acids is 1. The summed E-state index contributed by atoms with van der Waals surface area (Å²) in [6.07, 6.45) is -0.262. The van der Waals surface area contributed by atoms with Gasteiger partial charge in [-0.25, -0.2) is 4.79 Å². The Hall–Kier alpha value is -0.910. The number of ether oxygens (including phenoxy) is 1. The molecule has 18 heavy (non-hydrogen) atoms. The van der Waals surface area contributed by atoms with Crippen molar-refractivity contribution in [3.63, 3.8) is 0 Å². The van der Waals surface area contributed by atoms with Crippen molar-refractivity contribution in [3.05, 3.63) is 0 Å². The van der Waals surface area contributed by atoms with Gasteiger partial charge in [0.15, 0.2) is 0 Å². The standard InChI is InChI=1S/C12H21NO4S/c1-12(2,3)17-11(16)13-5-9-7-18-6-8(9)4-10(14)15/h8-9H,4-7H2,1-3H3,(H,13,16)(H,14,15)/t8-,9-/m1/s1. The number of hydrogen-bond donors (Lipinski definition) is 2. The topological polar surface area (TPSA) is 75.6 Å². The third-order valence-electron chi connectivity index (χ3n) is 2.67. The molecule has 104 valence electrons. The maximum Gasteiger partial charge on any atom is 0.407 e. The second-order valence-electron chi connectivity index (χ2n) is 5.54. The number of rotatable bonds is 4. The van der Waals surface area contributed by atoms with Crippen LogP contribution in [-0.4, -0.2) is 40.8 Å². The number of hydrogen-bond acceptors (Lipinski definition) is 4. The van der Waals surface area contributed by atoms with Crippen molar-refractivity contribution in [3.8, 4) is 0 Å². The van der Waals surface area contributed by atoms with Crippen LogP contribution in [0.1, 0.15) is 27.2 Å². The number of carboxylic acids is 1. The van der Waals surface area contributed by atoms with Crippen LogP contribution in [0.5, 0.6) is 0 Å². The Morgan fingerprint density at radius 2 is 1.94 bits per heavy atom. The molecular weight excluding hydrogens is 254 g/mol. The summed E-state index contributed by atoms with van der Waals surface area (Å²) >= 11 is 1.74. The summed E-state index contributed by atoms with van der Waals surface area (Å²) in [6, 6.07) is 0. The minimum Gasteiger partial charge on any atom is -0.481 e. The molecule has 0 saturated carbocycles. The van der Waals surface area contributed by atoms with E-state index in [4.69, 9.17) is 9.84 Å². The van der Waals surface area contributed by atoms with Gasteiger partial charge in [0.25, 0.3) is 0 Å². The highest BCUT2D eigenvalue weighted by molar-refractivity contribution is 7.99. The summed E-state index contributed by atoms with van der Waals surface area (Å²) in [4.78, 5) is 22.2. The molecule has 1 saturated heterocycles. The second kappa shape index (κ2) is 6.31. The summed E-state index contributed by atoms with van der Waals surface area (Å²) in [6.45, 7) is 5.92. The molecule has 0 aromatic rings. The van der Waals surface area contributed by atoms with E-state index in [1.165, 1.54) is 0 Å². The van der Waals surface area contributed by atoms with E-state index >= 15 is 0 Å². The van der Waals surface area contributed by atoms with Gasteiger partial charge in [-0.15, -0.1) is 0 Å². The van der Waals surface area contributed by atoms with E-state index in [-0.39, 0.29) is 18.3 Å². The van der Waals surface area contributed by atoms with Crippen LogP contribution in [0.15, 0.2) is 0 Å². The number of carboxylic acid groups (broad SMARTS) is 1. The lowest BCUT2D eigenvalue weighted by atomic mass is 9.93. The second-order valence-corrected chi connectivity index (χ2v) is 6.61. The molecule has 0 radical (unpaired) electrons. The molecular formula is C12H21NO4S. The third-order valence-corrected chi connectivity index (χ3v) is 4.00. The van der Waals surface area contributed by atoms with E-state index in [0.717, 1.165) is 11.5 Å². The number of alkyl carbamates (subject to hydrolysis) is 1. The Balaban J connectivity index is 2.34. The van der Waals surface area contributed by atoms with Crippen molar-refractivity contribution in [2.24, 2.45) is 11.8 Å². The third kappa shape index (κ3) is 5.62. The van der Waals surface area contributed by atoms with E-state index in [1.54, 1.807) is 11.8 Å². The van der Waals surface area contributed by atoms with Gasteiger partial charge in [0.1, 0.15) is 5.60 Å². The van der Waals surface area contributed by atoms with Crippen molar-refractivity contribution < 1.29 is 19.4 Å². The highest BCUT2D eigenvalue weighted by Gasteiger charge is 2.30. The molecule has 0 bridgehead atoms. The van der Waals surface area contributed by atoms with Gasteiger partial charge in [0.2, 0.25) is 0 Å². The summed E-state index contributed by atoms with van der Waals surface area (Å²) in [5, 5.41) is 11.5. The van der Waals surface area contributed by atoms with Crippen LogP contribution in [0.2, 0.25) is 0 Å². The van der Waals surface area contributed by atoms with Crippen LogP contribution in [-0.2, 0) is 9.53 Å². The largest absolute Gasteiger partial charge is 0.481 e. The van der Waals surface area contributed by atoms with Gasteiger partial charge in [-0.1, -0.05) is 0 Å². The van der Waals surface area contributed by atoms with E-state index in [0.29, 0.717) is 6.54 Å². The monoisotopic (exact) mass is 275 g/mol. The molecule has 5 nitrogen and oxygen atoms in total. The molecule has 0 aliphatic carbocycles. The Bertz CT molecular complexity index is 314. The van der Waals surface area contributed by atoms with Crippen LogP contribution in [0.4, 0.5) is 4.79 Å². The first-order valence-electron chi connectivity index (χ1n) is 6.04. The Morgan fingerprint density at radius 1 is 1.33 bits per heavy atom. The minimum absolute atomic E-state index is 0.141. The fraction of sp³-hybridized carbons (Fsp3) is 0.833. The smallest absolute Gasteiger partial charge is 0.407 e. The average molecular weight is 275 g/mol. The van der Waals surface area contributed by atoms with Gasteiger partial charge in [-0.2, -0.15) is 11.8 Å². The normalized spacial score (nSPS) is 23.7. The predicted molar refractivity (Wildman–Crippen MR) is 70.8 cm³/mol. The van der Waals surface area contributed by atoms with Crippen LogP contribution < -0.4 is 5.32 Å². The zero-order valence-corrected chi connectivity index (χ0v) is 11.9. The van der Waals surface area contributed by atoms with Crippen LogP contribution in [0.25, 0.3) is 0 Å². The zero-order chi connectivity index (χ0) is 13.8. The van der Waals surface area contributed by atoms with Gasteiger partial charge in [-0.05, 0) is 44.1 Å². The average Bonchev–Trinajstić information content (AvgIpc) is 2.58. The highest BCUT2D eigenvalue weighted by Crippen LogP contribution is 2.31. The lowest BCUT2D eigenvalue weighted by Crippen LogP contribution is -2.37. The fourth-order valence-corrected chi connectivity index (χ4v) is 3.37. The van der Waals surface area contributed by atoms with E-state index in [1.807, 2.05) is 20.8 Å². The molecule has 0 aromatic carbocycles. The van der Waals surface area contributed by atoms with Gasteiger partial charge < -0.3 is 15.2 Å². The molecule has 6 heteroatoms. The van der Waals surface area contributed by atoms with Crippen LogP contribution in [0.3, 0.4) is 0 Å². The molecule has 2 N–H and O–H groups in total. The first kappa shape index (κ1) is 15.1. The van der Waals surface area contributed by atoms with Gasteiger partial charge in [0, 0.05) is 13.0 Å². The maximum atomic E-state index is 11.5. The predicted octanol–water partition coefficient (Wildman–Crippen LogP) is 1.97. The molecule has 1 rings (SSSR count). The van der Waals surface area contributed by atoms with Crippen LogP contribution >= 0.6 is 11.8 Å². The maximum absolute atomic E-state index is 11.5. The number of carbonyl (C=O) groups is 2. The number of amides is 1. The highest BCUT2D eigenvalue weighted by atomic mass is 32.2. The number of carbonyl (C=O) groups excluding carboxylic acids is 1. The molecule has 1 aliphatic rings. The van der Waals surface area contributed by atoms with E-state index in [2.05, 4.69) is 5.32 Å². The van der Waals surface area contributed by atoms with E-state index < -0.39 is 17.7 Å². The van der Waals surface area contributed by atoms with Gasteiger partial charge in [-0.3, -0.25) is 4.79 Å². The quantitative estimate of drug-likeness (QED) is 0.820. The van der Waals surface area contributed by atoms with Gasteiger partial charge >= 0.3 is 12.1 Å². The minimum atomic E-state index is -0.773. The fourth-order valence-electron chi connectivity index (χ4n) is 1.85. The molecule has 0 aromatic heterocycles. The van der Waals surface area contributed by atoms with Crippen molar-refractivity contribution in [1.82, 2.24) is 5.32 Å².